The lowest BCUT2D eigenvalue weighted by atomic mass is 9.97. The summed E-state index contributed by atoms with van der Waals surface area (Å²) < 4.78 is 14.5. The molecule has 222 valence electrons. The molecule has 0 saturated carbocycles. The summed E-state index contributed by atoms with van der Waals surface area (Å²) in [5.41, 5.74) is 3.51. The van der Waals surface area contributed by atoms with Gasteiger partial charge in [0.2, 0.25) is 0 Å². The summed E-state index contributed by atoms with van der Waals surface area (Å²) in [6, 6.07) is 55.7. The van der Waals surface area contributed by atoms with E-state index in [2.05, 4.69) is 35.6 Å². The highest BCUT2D eigenvalue weighted by Gasteiger charge is 2.33. The van der Waals surface area contributed by atoms with Crippen LogP contribution in [0.25, 0.3) is 0 Å². The first-order valence-electron chi connectivity index (χ1n) is 15.0. The van der Waals surface area contributed by atoms with Gasteiger partial charge in [-0.3, -0.25) is 9.00 Å². The van der Waals surface area contributed by atoms with Crippen molar-refractivity contribution in [2.45, 2.75) is 23.1 Å². The molecule has 0 aliphatic rings. The van der Waals surface area contributed by atoms with Crippen molar-refractivity contribution in [3.05, 3.63) is 192 Å². The molecule has 6 aromatic rings. The molecule has 0 heterocycles. The van der Waals surface area contributed by atoms with E-state index in [1.165, 1.54) is 10.6 Å². The average Bonchev–Trinajstić information content (AvgIpc) is 3.10. The van der Waals surface area contributed by atoms with Gasteiger partial charge < -0.3 is 5.32 Å². The van der Waals surface area contributed by atoms with Crippen molar-refractivity contribution >= 4 is 40.5 Å². The molecule has 0 unspecified atom stereocenters. The normalized spacial score (nSPS) is 13.1. The minimum Gasteiger partial charge on any atom is -0.344 e. The molecule has 1 amide bonds. The zero-order valence-electron chi connectivity index (χ0n) is 25.0. The van der Waals surface area contributed by atoms with Crippen LogP contribution in [-0.4, -0.2) is 10.1 Å². The minimum absolute atomic E-state index is 0.194. The predicted molar refractivity (Wildman–Crippen MR) is 189 cm³/mol. The molecule has 3 atom stereocenters. The molecule has 5 heteroatoms. The Morgan fingerprint density at radius 3 is 1.60 bits per heavy atom. The fraction of sp³-hybridized carbons (Fsp3) is 0.0750. The Morgan fingerprint density at radius 1 is 0.578 bits per heavy atom. The molecule has 0 aromatic heterocycles. The van der Waals surface area contributed by atoms with Gasteiger partial charge in [0.15, 0.2) is 0 Å². The SMILES string of the molecule is Cc1ccc([S@](=O)[C@H](c2ccccc2)[C@@H](NC(=O)c2ccccc2P(c2ccccc2)c2ccccc2)c2ccccc2)cc1. The molecule has 6 rings (SSSR count). The maximum atomic E-state index is 14.6. The number of amides is 1. The van der Waals surface area contributed by atoms with Crippen molar-refractivity contribution in [3.8, 4) is 0 Å². The largest absolute Gasteiger partial charge is 0.344 e. The number of aryl methyl sites for hydroxylation is 1. The first-order chi connectivity index (χ1) is 22.1. The highest BCUT2D eigenvalue weighted by Crippen LogP contribution is 2.38. The molecule has 0 saturated heterocycles. The van der Waals surface area contributed by atoms with Crippen LogP contribution in [0.1, 0.15) is 38.3 Å². The average molecular weight is 624 g/mol. The van der Waals surface area contributed by atoms with Gasteiger partial charge in [-0.25, -0.2) is 0 Å². The van der Waals surface area contributed by atoms with Gasteiger partial charge in [-0.05, 0) is 60.1 Å². The number of carbonyl (C=O) groups is 1. The molecule has 45 heavy (non-hydrogen) atoms. The third-order valence-electron chi connectivity index (χ3n) is 7.78. The highest BCUT2D eigenvalue weighted by molar-refractivity contribution is 7.85. The molecule has 0 radical (unpaired) electrons. The van der Waals surface area contributed by atoms with E-state index in [0.29, 0.717) is 5.56 Å². The Hall–Kier alpha value is -4.63. The summed E-state index contributed by atoms with van der Waals surface area (Å²) in [6.07, 6.45) is 0. The van der Waals surface area contributed by atoms with Gasteiger partial charge >= 0.3 is 0 Å². The fourth-order valence-corrected chi connectivity index (χ4v) is 9.58. The van der Waals surface area contributed by atoms with Crippen molar-refractivity contribution in [2.75, 3.05) is 0 Å². The smallest absolute Gasteiger partial charge is 0.252 e. The van der Waals surface area contributed by atoms with E-state index >= 15 is 0 Å². The van der Waals surface area contributed by atoms with Gasteiger partial charge in [-0.1, -0.05) is 157 Å². The Balaban J connectivity index is 1.45. The van der Waals surface area contributed by atoms with Crippen LogP contribution in [0.2, 0.25) is 0 Å². The van der Waals surface area contributed by atoms with E-state index in [1.54, 1.807) is 0 Å². The van der Waals surface area contributed by atoms with Crippen LogP contribution < -0.4 is 21.2 Å². The Morgan fingerprint density at radius 2 is 1.04 bits per heavy atom. The number of hydrogen-bond acceptors (Lipinski definition) is 2. The lowest BCUT2D eigenvalue weighted by molar-refractivity contribution is 0.0937. The lowest BCUT2D eigenvalue weighted by Gasteiger charge is -2.29. The maximum Gasteiger partial charge on any atom is 0.252 e. The van der Waals surface area contributed by atoms with Crippen molar-refractivity contribution in [3.63, 3.8) is 0 Å². The van der Waals surface area contributed by atoms with Gasteiger partial charge in [-0.15, -0.1) is 0 Å². The van der Waals surface area contributed by atoms with Crippen LogP contribution in [0.3, 0.4) is 0 Å². The van der Waals surface area contributed by atoms with E-state index in [9.17, 15) is 9.00 Å². The summed E-state index contributed by atoms with van der Waals surface area (Å²) in [5, 5.41) is 6.17. The Bertz CT molecular complexity index is 1830. The number of benzene rings is 6. The summed E-state index contributed by atoms with van der Waals surface area (Å²) >= 11 is 0. The Labute approximate surface area is 269 Å². The maximum absolute atomic E-state index is 14.6. The van der Waals surface area contributed by atoms with Crippen molar-refractivity contribution < 1.29 is 9.00 Å². The number of hydrogen-bond donors (Lipinski definition) is 1. The Kier molecular flexibility index (Phi) is 9.75. The van der Waals surface area contributed by atoms with Crippen LogP contribution in [-0.2, 0) is 10.8 Å². The zero-order valence-corrected chi connectivity index (χ0v) is 26.7. The van der Waals surface area contributed by atoms with Gasteiger partial charge in [0, 0.05) is 10.5 Å². The second-order valence-electron chi connectivity index (χ2n) is 10.8. The van der Waals surface area contributed by atoms with Gasteiger partial charge in [0.25, 0.3) is 5.91 Å². The monoisotopic (exact) mass is 623 g/mol. The zero-order chi connectivity index (χ0) is 31.0. The third kappa shape index (κ3) is 7.04. The first kappa shape index (κ1) is 30.4. The molecule has 0 spiro atoms. The van der Waals surface area contributed by atoms with E-state index in [1.807, 2.05) is 146 Å². The van der Waals surface area contributed by atoms with Gasteiger partial charge in [0.05, 0.1) is 22.1 Å². The molecule has 0 bridgehead atoms. The lowest BCUT2D eigenvalue weighted by Crippen LogP contribution is -2.37. The number of nitrogens with one attached hydrogen (secondary N) is 1. The summed E-state index contributed by atoms with van der Waals surface area (Å²) in [7, 11) is -2.48. The first-order valence-corrected chi connectivity index (χ1v) is 17.5. The van der Waals surface area contributed by atoms with Crippen molar-refractivity contribution in [2.24, 2.45) is 0 Å². The predicted octanol–water partition coefficient (Wildman–Crippen LogP) is 7.77. The second kappa shape index (κ2) is 14.4. The summed E-state index contributed by atoms with van der Waals surface area (Å²) in [4.78, 5) is 15.3. The third-order valence-corrected chi connectivity index (χ3v) is 12.0. The van der Waals surface area contributed by atoms with Gasteiger partial charge in [-0.2, -0.15) is 0 Å². The minimum atomic E-state index is -1.47. The van der Waals surface area contributed by atoms with Crippen molar-refractivity contribution in [1.29, 1.82) is 0 Å². The molecule has 0 aliphatic heterocycles. The quantitative estimate of drug-likeness (QED) is 0.159. The van der Waals surface area contributed by atoms with Gasteiger partial charge in [0.1, 0.15) is 0 Å². The number of rotatable bonds is 10. The van der Waals surface area contributed by atoms with Crippen LogP contribution in [0, 0.1) is 6.92 Å². The molecule has 1 N–H and O–H groups in total. The molecular weight excluding hydrogens is 589 g/mol. The van der Waals surface area contributed by atoms with Crippen LogP contribution >= 0.6 is 7.92 Å². The molecule has 6 aromatic carbocycles. The van der Waals surface area contributed by atoms with Crippen LogP contribution in [0.5, 0.6) is 0 Å². The molecule has 0 aliphatic carbocycles. The summed E-state index contributed by atoms with van der Waals surface area (Å²) in [5.74, 6) is -0.194. The molecule has 3 nitrogen and oxygen atoms in total. The highest BCUT2D eigenvalue weighted by atomic mass is 32.2. The molecular formula is C40H34NO2PS. The van der Waals surface area contributed by atoms with Crippen LogP contribution in [0.4, 0.5) is 0 Å². The topological polar surface area (TPSA) is 46.2 Å². The number of carbonyl (C=O) groups excluding carboxylic acids is 1. The van der Waals surface area contributed by atoms with Crippen molar-refractivity contribution in [1.82, 2.24) is 5.32 Å². The standard InChI is InChI=1S/C40H34NO2PS/c1-30-26-28-35(29-27-30)45(43)39(32-18-8-3-9-19-32)38(31-16-6-2-7-17-31)41-40(42)36-24-14-15-25-37(36)44(33-20-10-4-11-21-33)34-22-12-5-13-23-34/h2-29,38-39H,1H3,(H,41,42)/t38-,39+,45-/m0/s1. The molecule has 0 fully saturated rings. The van der Waals surface area contributed by atoms with E-state index in [-0.39, 0.29) is 5.91 Å². The van der Waals surface area contributed by atoms with E-state index < -0.39 is 30.0 Å². The van der Waals surface area contributed by atoms with E-state index in [0.717, 1.165) is 26.9 Å². The van der Waals surface area contributed by atoms with Crippen LogP contribution in [0.15, 0.2) is 175 Å². The van der Waals surface area contributed by atoms with E-state index in [4.69, 9.17) is 0 Å². The summed E-state index contributed by atoms with van der Waals surface area (Å²) in [6.45, 7) is 2.02. The second-order valence-corrected chi connectivity index (χ2v) is 14.6. The fourth-order valence-electron chi connectivity index (χ4n) is 5.56.